The lowest BCUT2D eigenvalue weighted by molar-refractivity contribution is -0.139. The molecule has 1 aliphatic rings. The smallest absolute Gasteiger partial charge is 0.295 e. The van der Waals surface area contributed by atoms with Gasteiger partial charge >= 0.3 is 0 Å². The molecule has 1 N–H and O–H groups in total. The lowest BCUT2D eigenvalue weighted by Gasteiger charge is -2.25. The van der Waals surface area contributed by atoms with Gasteiger partial charge in [-0.15, -0.1) is 0 Å². The Kier molecular flexibility index (Phi) is 7.13. The van der Waals surface area contributed by atoms with Gasteiger partial charge in [0, 0.05) is 36.1 Å². The molecule has 34 heavy (non-hydrogen) atoms. The Morgan fingerprint density at radius 3 is 2.65 bits per heavy atom. The molecule has 3 aromatic rings. The van der Waals surface area contributed by atoms with Crippen LogP contribution in [0.25, 0.3) is 5.76 Å². The van der Waals surface area contributed by atoms with Gasteiger partial charge in [0.25, 0.3) is 11.7 Å². The molecule has 0 bridgehead atoms. The van der Waals surface area contributed by atoms with Crippen molar-refractivity contribution < 1.29 is 19.4 Å². The second-order valence-corrected chi connectivity index (χ2v) is 8.26. The third kappa shape index (κ3) is 4.89. The SMILES string of the molecule is C=CCOc1ccc(/C(O)=C2\C(=O)C(=O)N(CCCn3ccnc3)[C@@H]2c2cccc(Cl)c2)cc1. The Labute approximate surface area is 202 Å². The minimum Gasteiger partial charge on any atom is -0.507 e. The number of ketones is 1. The summed E-state index contributed by atoms with van der Waals surface area (Å²) >= 11 is 6.22. The number of hydrogen-bond acceptors (Lipinski definition) is 5. The van der Waals surface area contributed by atoms with Crippen LogP contribution in [0.2, 0.25) is 5.02 Å². The molecule has 7 nitrogen and oxygen atoms in total. The van der Waals surface area contributed by atoms with Gasteiger partial charge < -0.3 is 19.3 Å². The highest BCUT2D eigenvalue weighted by atomic mass is 35.5. The van der Waals surface area contributed by atoms with Crippen LogP contribution in [0.1, 0.15) is 23.6 Å². The first-order valence-corrected chi connectivity index (χ1v) is 11.2. The van der Waals surface area contributed by atoms with Crippen molar-refractivity contribution >= 4 is 29.1 Å². The quantitative estimate of drug-likeness (QED) is 0.210. The molecule has 0 saturated carbocycles. The number of rotatable bonds is 9. The number of aliphatic hydroxyl groups excluding tert-OH is 1. The molecule has 1 saturated heterocycles. The summed E-state index contributed by atoms with van der Waals surface area (Å²) in [5.41, 5.74) is 1.10. The van der Waals surface area contributed by atoms with E-state index in [1.165, 1.54) is 4.90 Å². The van der Waals surface area contributed by atoms with Crippen LogP contribution in [-0.2, 0) is 16.1 Å². The minimum atomic E-state index is -0.752. The maximum Gasteiger partial charge on any atom is 0.295 e. The van der Waals surface area contributed by atoms with Crippen molar-refractivity contribution in [3.63, 3.8) is 0 Å². The van der Waals surface area contributed by atoms with Gasteiger partial charge in [-0.1, -0.05) is 36.4 Å². The lowest BCUT2D eigenvalue weighted by atomic mass is 9.95. The number of imidazole rings is 1. The summed E-state index contributed by atoms with van der Waals surface area (Å²) in [4.78, 5) is 31.7. The van der Waals surface area contributed by atoms with E-state index in [-0.39, 0.29) is 11.3 Å². The average molecular weight is 478 g/mol. The Hall–Kier alpha value is -3.84. The molecule has 174 valence electrons. The molecule has 0 unspecified atom stereocenters. The van der Waals surface area contributed by atoms with Crippen LogP contribution in [0.15, 0.2) is 85.5 Å². The molecule has 4 rings (SSSR count). The zero-order chi connectivity index (χ0) is 24.1. The molecule has 1 amide bonds. The zero-order valence-corrected chi connectivity index (χ0v) is 19.2. The van der Waals surface area contributed by atoms with Gasteiger partial charge in [0.2, 0.25) is 0 Å². The fraction of sp³-hybridized carbons (Fsp3) is 0.192. The number of benzene rings is 2. The summed E-state index contributed by atoms with van der Waals surface area (Å²) in [6, 6.07) is 12.9. The van der Waals surface area contributed by atoms with Gasteiger partial charge in [0.05, 0.1) is 17.9 Å². The van der Waals surface area contributed by atoms with Gasteiger partial charge in [-0.05, 0) is 48.4 Å². The maximum atomic E-state index is 13.1. The number of hydrogen-bond donors (Lipinski definition) is 1. The van der Waals surface area contributed by atoms with Crippen molar-refractivity contribution in [3.05, 3.63) is 102 Å². The van der Waals surface area contributed by atoms with E-state index in [0.29, 0.717) is 48.0 Å². The Morgan fingerprint density at radius 2 is 1.97 bits per heavy atom. The molecule has 0 spiro atoms. The number of aromatic nitrogens is 2. The molecule has 1 fully saturated rings. The standard InChI is InChI=1S/C26H24ClN3O4/c1-2-15-34-21-9-7-18(8-10-21)24(31)22-23(19-5-3-6-20(27)16-19)30(26(33)25(22)32)13-4-12-29-14-11-28-17-29/h2-3,5-11,14,16-17,23,31H,1,4,12-13,15H2/b24-22+/t23-/m1/s1. The van der Waals surface area contributed by atoms with E-state index < -0.39 is 17.7 Å². The molecule has 1 aliphatic heterocycles. The van der Waals surface area contributed by atoms with Crippen LogP contribution in [0.5, 0.6) is 5.75 Å². The van der Waals surface area contributed by atoms with Gasteiger partial charge in [-0.25, -0.2) is 4.98 Å². The third-order valence-corrected chi connectivity index (χ3v) is 5.81. The van der Waals surface area contributed by atoms with E-state index in [9.17, 15) is 14.7 Å². The molecule has 1 atom stereocenters. The van der Waals surface area contributed by atoms with E-state index in [4.69, 9.17) is 16.3 Å². The van der Waals surface area contributed by atoms with E-state index in [1.54, 1.807) is 67.1 Å². The van der Waals surface area contributed by atoms with Gasteiger partial charge in [-0.2, -0.15) is 0 Å². The van der Waals surface area contributed by atoms with E-state index in [0.717, 1.165) is 0 Å². The summed E-state index contributed by atoms with van der Waals surface area (Å²) in [5, 5.41) is 11.6. The van der Waals surface area contributed by atoms with Crippen molar-refractivity contribution in [1.29, 1.82) is 0 Å². The highest BCUT2D eigenvalue weighted by Gasteiger charge is 2.45. The summed E-state index contributed by atoms with van der Waals surface area (Å²) < 4.78 is 7.39. The van der Waals surface area contributed by atoms with Crippen LogP contribution in [0.4, 0.5) is 0 Å². The molecule has 2 heterocycles. The number of ether oxygens (including phenoxy) is 1. The fourth-order valence-electron chi connectivity index (χ4n) is 4.00. The average Bonchev–Trinajstić information content (AvgIpc) is 3.45. The molecular weight excluding hydrogens is 454 g/mol. The van der Waals surface area contributed by atoms with Gasteiger partial charge in [0.1, 0.15) is 18.1 Å². The summed E-state index contributed by atoms with van der Waals surface area (Å²) in [7, 11) is 0. The zero-order valence-electron chi connectivity index (χ0n) is 18.4. The molecule has 2 aromatic carbocycles. The van der Waals surface area contributed by atoms with Crippen LogP contribution >= 0.6 is 11.6 Å². The van der Waals surface area contributed by atoms with Crippen LogP contribution < -0.4 is 4.74 Å². The monoisotopic (exact) mass is 477 g/mol. The number of amides is 1. The van der Waals surface area contributed by atoms with Crippen LogP contribution in [-0.4, -0.2) is 44.4 Å². The minimum absolute atomic E-state index is 0.0367. The van der Waals surface area contributed by atoms with Crippen LogP contribution in [0, 0.1) is 0 Å². The van der Waals surface area contributed by atoms with E-state index in [2.05, 4.69) is 11.6 Å². The van der Waals surface area contributed by atoms with E-state index >= 15 is 0 Å². The number of carbonyl (C=O) groups is 2. The van der Waals surface area contributed by atoms with Gasteiger partial charge in [-0.3, -0.25) is 9.59 Å². The first-order valence-electron chi connectivity index (χ1n) is 10.8. The topological polar surface area (TPSA) is 84.7 Å². The van der Waals surface area contributed by atoms with Crippen LogP contribution in [0.3, 0.4) is 0 Å². The molecule has 0 radical (unpaired) electrons. The van der Waals surface area contributed by atoms with Crippen molar-refractivity contribution in [2.45, 2.75) is 19.0 Å². The maximum absolute atomic E-state index is 13.1. The molecule has 0 aliphatic carbocycles. The fourth-order valence-corrected chi connectivity index (χ4v) is 4.19. The first-order chi connectivity index (χ1) is 16.5. The second-order valence-electron chi connectivity index (χ2n) is 7.83. The second kappa shape index (κ2) is 10.4. The lowest BCUT2D eigenvalue weighted by Crippen LogP contribution is -2.31. The Balaban J connectivity index is 1.69. The molecular formula is C26H24ClN3O4. The third-order valence-electron chi connectivity index (χ3n) is 5.57. The highest BCUT2D eigenvalue weighted by Crippen LogP contribution is 2.40. The molecule has 8 heteroatoms. The van der Waals surface area contributed by atoms with Crippen molar-refractivity contribution in [2.24, 2.45) is 0 Å². The first kappa shape index (κ1) is 23.3. The number of aryl methyl sites for hydroxylation is 1. The molecule has 1 aromatic heterocycles. The number of halogens is 1. The predicted octanol–water partition coefficient (Wildman–Crippen LogP) is 4.61. The van der Waals surface area contributed by atoms with Crippen molar-refractivity contribution in [2.75, 3.05) is 13.2 Å². The van der Waals surface area contributed by atoms with Crippen molar-refractivity contribution in [3.8, 4) is 5.75 Å². The number of aliphatic hydroxyl groups is 1. The number of likely N-dealkylation sites (tertiary alicyclic amines) is 1. The summed E-state index contributed by atoms with van der Waals surface area (Å²) in [6.07, 6.45) is 7.46. The number of nitrogens with zero attached hydrogens (tertiary/aromatic N) is 3. The number of Topliss-reactive ketones (excluding diaryl/α,β-unsaturated/α-hetero) is 1. The van der Waals surface area contributed by atoms with Crippen molar-refractivity contribution in [1.82, 2.24) is 14.5 Å². The highest BCUT2D eigenvalue weighted by molar-refractivity contribution is 6.46. The Bertz CT molecular complexity index is 1220. The Morgan fingerprint density at radius 1 is 1.18 bits per heavy atom. The largest absolute Gasteiger partial charge is 0.507 e. The summed E-state index contributed by atoms with van der Waals surface area (Å²) in [5.74, 6) is -1.02. The van der Waals surface area contributed by atoms with Gasteiger partial charge in [0.15, 0.2) is 0 Å². The summed E-state index contributed by atoms with van der Waals surface area (Å²) in [6.45, 7) is 4.93. The van der Waals surface area contributed by atoms with E-state index in [1.807, 2.05) is 10.8 Å². The predicted molar refractivity (Wildman–Crippen MR) is 129 cm³/mol. The normalized spacial score (nSPS) is 17.2. The number of carbonyl (C=O) groups excluding carboxylic acids is 2.